The van der Waals surface area contributed by atoms with E-state index < -0.39 is 0 Å². The summed E-state index contributed by atoms with van der Waals surface area (Å²) < 4.78 is 0. The first kappa shape index (κ1) is 16.3. The summed E-state index contributed by atoms with van der Waals surface area (Å²) in [5, 5.41) is 0. The van der Waals surface area contributed by atoms with Crippen LogP contribution in [0, 0.1) is 13.8 Å². The lowest BCUT2D eigenvalue weighted by atomic mass is 10.2. The molecule has 0 aliphatic rings. The molecule has 0 radical (unpaired) electrons. The Labute approximate surface area is 111 Å². The highest BCUT2D eigenvalue weighted by Gasteiger charge is 1.99. The number of nitrogens with zero attached hydrogens (tertiary/aromatic N) is 2. The lowest BCUT2D eigenvalue weighted by Crippen LogP contribution is -1.87. The smallest absolute Gasteiger partial charge is 0.0888 e. The van der Waals surface area contributed by atoms with Gasteiger partial charge in [0.15, 0.2) is 0 Å². The van der Waals surface area contributed by atoms with Crippen molar-refractivity contribution in [3.05, 3.63) is 47.8 Å². The Hall–Kier alpha value is -1.70. The summed E-state index contributed by atoms with van der Waals surface area (Å²) in [6, 6.07) is 8.07. The molecule has 2 heterocycles. The maximum atomic E-state index is 4.33. The maximum Gasteiger partial charge on any atom is 0.0888 e. The minimum Gasteiger partial charge on any atom is -0.255 e. The molecule has 18 heavy (non-hydrogen) atoms. The SMILES string of the molecule is CC.CC.Cc1ccc(-c2cc(C)ccn2)nc1. The molecule has 0 aliphatic heterocycles. The summed E-state index contributed by atoms with van der Waals surface area (Å²) in [7, 11) is 0. The van der Waals surface area contributed by atoms with Crippen LogP contribution in [-0.4, -0.2) is 9.97 Å². The third-order valence-electron chi connectivity index (χ3n) is 2.09. The monoisotopic (exact) mass is 244 g/mol. The van der Waals surface area contributed by atoms with Gasteiger partial charge in [-0.25, -0.2) is 0 Å². The Balaban J connectivity index is 0.000000659. The normalized spacial score (nSPS) is 8.56. The largest absolute Gasteiger partial charge is 0.255 e. The second kappa shape index (κ2) is 9.34. The third kappa shape index (κ3) is 5.09. The van der Waals surface area contributed by atoms with E-state index in [9.17, 15) is 0 Å². The average molecular weight is 244 g/mol. The minimum atomic E-state index is 0.930. The minimum absolute atomic E-state index is 0.930. The molecule has 0 saturated carbocycles. The lowest BCUT2D eigenvalue weighted by molar-refractivity contribution is 1.21. The molecule has 0 amide bonds. The number of aryl methyl sites for hydroxylation is 2. The molecule has 0 saturated heterocycles. The Bertz CT molecular complexity index is 433. The van der Waals surface area contributed by atoms with Gasteiger partial charge < -0.3 is 0 Å². The highest BCUT2D eigenvalue weighted by molar-refractivity contribution is 5.54. The van der Waals surface area contributed by atoms with Gasteiger partial charge in [0.2, 0.25) is 0 Å². The molecule has 0 spiro atoms. The van der Waals surface area contributed by atoms with Gasteiger partial charge in [0.25, 0.3) is 0 Å². The molecule has 0 aromatic carbocycles. The van der Waals surface area contributed by atoms with E-state index in [2.05, 4.69) is 16.9 Å². The van der Waals surface area contributed by atoms with Gasteiger partial charge in [0.05, 0.1) is 11.4 Å². The second-order valence-corrected chi connectivity index (χ2v) is 3.44. The molecule has 0 atom stereocenters. The van der Waals surface area contributed by atoms with Crippen LogP contribution in [0.4, 0.5) is 0 Å². The molecular formula is C16H24N2. The third-order valence-corrected chi connectivity index (χ3v) is 2.09. The zero-order chi connectivity index (χ0) is 14.0. The van der Waals surface area contributed by atoms with E-state index in [1.54, 1.807) is 0 Å². The van der Waals surface area contributed by atoms with Crippen LogP contribution >= 0.6 is 0 Å². The molecule has 0 bridgehead atoms. The summed E-state index contributed by atoms with van der Waals surface area (Å²) in [6.45, 7) is 12.1. The van der Waals surface area contributed by atoms with E-state index in [0.29, 0.717) is 0 Å². The van der Waals surface area contributed by atoms with Gasteiger partial charge in [-0.05, 0) is 43.2 Å². The van der Waals surface area contributed by atoms with Crippen molar-refractivity contribution >= 4 is 0 Å². The van der Waals surface area contributed by atoms with Crippen molar-refractivity contribution in [3.8, 4) is 11.4 Å². The molecule has 2 aromatic rings. The number of pyridine rings is 2. The van der Waals surface area contributed by atoms with Crippen LogP contribution in [-0.2, 0) is 0 Å². The van der Waals surface area contributed by atoms with Crippen LogP contribution in [0.1, 0.15) is 38.8 Å². The van der Waals surface area contributed by atoms with Crippen molar-refractivity contribution in [3.63, 3.8) is 0 Å². The zero-order valence-corrected chi connectivity index (χ0v) is 12.4. The van der Waals surface area contributed by atoms with Crippen molar-refractivity contribution < 1.29 is 0 Å². The van der Waals surface area contributed by atoms with E-state index in [0.717, 1.165) is 11.4 Å². The van der Waals surface area contributed by atoms with Gasteiger partial charge in [-0.3, -0.25) is 9.97 Å². The Morgan fingerprint density at radius 2 is 1.39 bits per heavy atom. The molecule has 0 N–H and O–H groups in total. The van der Waals surface area contributed by atoms with E-state index >= 15 is 0 Å². The fourth-order valence-corrected chi connectivity index (χ4v) is 1.30. The average Bonchev–Trinajstić information content (AvgIpc) is 2.44. The summed E-state index contributed by atoms with van der Waals surface area (Å²) in [5.41, 5.74) is 4.24. The number of rotatable bonds is 1. The molecule has 0 unspecified atom stereocenters. The molecule has 98 valence electrons. The summed E-state index contributed by atoms with van der Waals surface area (Å²) in [6.07, 6.45) is 3.67. The van der Waals surface area contributed by atoms with Crippen molar-refractivity contribution in [1.82, 2.24) is 9.97 Å². The first-order valence-electron chi connectivity index (χ1n) is 6.61. The number of aromatic nitrogens is 2. The highest BCUT2D eigenvalue weighted by Crippen LogP contribution is 2.14. The van der Waals surface area contributed by atoms with Crippen LogP contribution in [0.15, 0.2) is 36.7 Å². The van der Waals surface area contributed by atoms with Crippen LogP contribution in [0.2, 0.25) is 0 Å². The number of hydrogen-bond donors (Lipinski definition) is 0. The van der Waals surface area contributed by atoms with Gasteiger partial charge in [0.1, 0.15) is 0 Å². The molecular weight excluding hydrogens is 220 g/mol. The van der Waals surface area contributed by atoms with Gasteiger partial charge in [-0.15, -0.1) is 0 Å². The zero-order valence-electron chi connectivity index (χ0n) is 12.4. The lowest BCUT2D eigenvalue weighted by Gasteiger charge is -2.00. The van der Waals surface area contributed by atoms with Crippen molar-refractivity contribution in [2.75, 3.05) is 0 Å². The van der Waals surface area contributed by atoms with Crippen molar-refractivity contribution in [2.45, 2.75) is 41.5 Å². The quantitative estimate of drug-likeness (QED) is 0.719. The predicted octanol–water partition coefficient (Wildman–Crippen LogP) is 4.81. The predicted molar refractivity (Wildman–Crippen MR) is 79.6 cm³/mol. The summed E-state index contributed by atoms with van der Waals surface area (Å²) in [4.78, 5) is 8.60. The van der Waals surface area contributed by atoms with Gasteiger partial charge >= 0.3 is 0 Å². The second-order valence-electron chi connectivity index (χ2n) is 3.44. The van der Waals surface area contributed by atoms with Gasteiger partial charge in [-0.2, -0.15) is 0 Å². The Morgan fingerprint density at radius 3 is 1.89 bits per heavy atom. The van der Waals surface area contributed by atoms with E-state index in [-0.39, 0.29) is 0 Å². The van der Waals surface area contributed by atoms with Crippen LogP contribution in [0.5, 0.6) is 0 Å². The molecule has 0 fully saturated rings. The summed E-state index contributed by atoms with van der Waals surface area (Å²) >= 11 is 0. The van der Waals surface area contributed by atoms with Crippen molar-refractivity contribution in [2.24, 2.45) is 0 Å². The first-order chi connectivity index (χ1) is 8.75. The summed E-state index contributed by atoms with van der Waals surface area (Å²) in [5.74, 6) is 0. The van der Waals surface area contributed by atoms with Gasteiger partial charge in [-0.1, -0.05) is 33.8 Å². The Kier molecular flexibility index (Phi) is 8.46. The topological polar surface area (TPSA) is 25.8 Å². The molecule has 2 aromatic heterocycles. The van der Waals surface area contributed by atoms with E-state index in [1.807, 2.05) is 71.3 Å². The van der Waals surface area contributed by atoms with Crippen LogP contribution in [0.3, 0.4) is 0 Å². The molecule has 2 heteroatoms. The molecule has 0 aliphatic carbocycles. The standard InChI is InChI=1S/C12H12N2.2C2H6/c1-9-5-6-13-12(7-9)11-4-3-10(2)8-14-11;2*1-2/h3-8H,1-2H3;2*1-2H3. The Morgan fingerprint density at radius 1 is 0.722 bits per heavy atom. The fraction of sp³-hybridized carbons (Fsp3) is 0.375. The van der Waals surface area contributed by atoms with Crippen LogP contribution < -0.4 is 0 Å². The van der Waals surface area contributed by atoms with Gasteiger partial charge in [0, 0.05) is 12.4 Å². The first-order valence-corrected chi connectivity index (χ1v) is 6.61. The molecule has 2 rings (SSSR count). The van der Waals surface area contributed by atoms with Crippen LogP contribution in [0.25, 0.3) is 11.4 Å². The fourth-order valence-electron chi connectivity index (χ4n) is 1.30. The highest BCUT2D eigenvalue weighted by atomic mass is 14.8. The van der Waals surface area contributed by atoms with E-state index in [4.69, 9.17) is 0 Å². The number of hydrogen-bond acceptors (Lipinski definition) is 2. The van der Waals surface area contributed by atoms with E-state index in [1.165, 1.54) is 11.1 Å². The van der Waals surface area contributed by atoms with Crippen molar-refractivity contribution in [1.29, 1.82) is 0 Å². The maximum absolute atomic E-state index is 4.33. The molecule has 2 nitrogen and oxygen atoms in total.